The molecule has 0 bridgehead atoms. The molecule has 5 rings (SSSR count). The lowest BCUT2D eigenvalue weighted by atomic mass is 9.76. The highest BCUT2D eigenvalue weighted by Gasteiger charge is 2.31. The summed E-state index contributed by atoms with van der Waals surface area (Å²) >= 11 is 0. The molecule has 1 saturated heterocycles. The molecule has 3 aromatic rings. The molecule has 2 heterocycles. The van der Waals surface area contributed by atoms with Gasteiger partial charge < -0.3 is 14.4 Å². The number of ether oxygens (including phenoxy) is 2. The Labute approximate surface area is 200 Å². The Morgan fingerprint density at radius 1 is 0.971 bits per heavy atom. The molecule has 2 aliphatic heterocycles. The number of rotatable bonds is 5. The van der Waals surface area contributed by atoms with Gasteiger partial charge in [-0.2, -0.15) is 0 Å². The lowest BCUT2D eigenvalue weighted by Crippen LogP contribution is -2.40. The summed E-state index contributed by atoms with van der Waals surface area (Å²) in [6, 6.07) is 24.4. The number of nitrogens with zero attached hydrogens (tertiary/aromatic N) is 1. The van der Waals surface area contributed by atoms with Crippen LogP contribution >= 0.6 is 0 Å². The van der Waals surface area contributed by atoms with Gasteiger partial charge >= 0.3 is 0 Å². The Morgan fingerprint density at radius 3 is 2.50 bits per heavy atom. The van der Waals surface area contributed by atoms with Gasteiger partial charge in [-0.15, -0.1) is 0 Å². The number of piperidine rings is 1. The predicted molar refractivity (Wildman–Crippen MR) is 131 cm³/mol. The Hall–Kier alpha value is -3.60. The zero-order valence-electron chi connectivity index (χ0n) is 19.4. The van der Waals surface area contributed by atoms with Crippen LogP contribution in [-0.4, -0.2) is 43.4 Å². The van der Waals surface area contributed by atoms with E-state index in [1.807, 2.05) is 41.3 Å². The quantitative estimate of drug-likeness (QED) is 0.550. The van der Waals surface area contributed by atoms with E-state index in [0.717, 1.165) is 24.2 Å². The molecule has 0 aromatic heterocycles. The molecule has 2 aliphatic rings. The number of carbonyl (C=O) groups is 2. The van der Waals surface area contributed by atoms with Gasteiger partial charge in [-0.3, -0.25) is 9.59 Å². The molecular weight excluding hydrogens is 426 g/mol. The van der Waals surface area contributed by atoms with Crippen LogP contribution in [0.1, 0.15) is 45.8 Å². The van der Waals surface area contributed by atoms with Crippen molar-refractivity contribution in [2.24, 2.45) is 5.92 Å². The second kappa shape index (κ2) is 9.72. The van der Waals surface area contributed by atoms with Crippen LogP contribution in [0.2, 0.25) is 0 Å². The van der Waals surface area contributed by atoms with Gasteiger partial charge in [0.2, 0.25) is 0 Å². The van der Waals surface area contributed by atoms with E-state index in [9.17, 15) is 9.59 Å². The predicted octanol–water partition coefficient (Wildman–Crippen LogP) is 4.88. The molecule has 0 radical (unpaired) electrons. The van der Waals surface area contributed by atoms with Gasteiger partial charge in [-0.1, -0.05) is 42.5 Å². The van der Waals surface area contributed by atoms with E-state index in [-0.39, 0.29) is 24.2 Å². The Morgan fingerprint density at radius 2 is 1.74 bits per heavy atom. The SMILES string of the molecule is COc1cccc([C@@H](c2ccccc2)C2CCN(C(=O)c3ccc4c(c3)CC(=O)CO4)CC2)c1. The highest BCUT2D eigenvalue weighted by Crippen LogP contribution is 2.39. The first-order valence-corrected chi connectivity index (χ1v) is 11.9. The third-order valence-corrected chi connectivity index (χ3v) is 6.99. The minimum atomic E-state index is 0.0249. The van der Waals surface area contributed by atoms with Crippen molar-refractivity contribution in [3.8, 4) is 11.5 Å². The van der Waals surface area contributed by atoms with Crippen molar-refractivity contribution in [2.75, 3.05) is 26.8 Å². The molecule has 1 amide bonds. The van der Waals surface area contributed by atoms with Gasteiger partial charge in [0.15, 0.2) is 5.78 Å². The van der Waals surface area contributed by atoms with Gasteiger partial charge in [0, 0.05) is 36.6 Å². The molecule has 1 fully saturated rings. The molecule has 0 saturated carbocycles. The van der Waals surface area contributed by atoms with Gasteiger partial charge in [0.05, 0.1) is 7.11 Å². The number of likely N-dealkylation sites (tertiary alicyclic amines) is 1. The standard InChI is InChI=1S/C29H29NO4/c1-33-26-9-5-8-22(18-26)28(20-6-3-2-4-7-20)21-12-14-30(15-13-21)29(32)23-10-11-27-24(16-23)17-25(31)19-34-27/h2-11,16,18,21,28H,12-15,17,19H2,1H3/t28-/m0/s1. The average Bonchev–Trinajstić information content (AvgIpc) is 2.89. The van der Waals surface area contributed by atoms with Crippen molar-refractivity contribution >= 4 is 11.7 Å². The van der Waals surface area contributed by atoms with Crippen LogP contribution < -0.4 is 9.47 Å². The molecule has 174 valence electrons. The summed E-state index contributed by atoms with van der Waals surface area (Å²) in [4.78, 5) is 26.9. The monoisotopic (exact) mass is 455 g/mol. The highest BCUT2D eigenvalue weighted by atomic mass is 16.5. The molecule has 34 heavy (non-hydrogen) atoms. The lowest BCUT2D eigenvalue weighted by Gasteiger charge is -2.37. The van der Waals surface area contributed by atoms with E-state index < -0.39 is 0 Å². The van der Waals surface area contributed by atoms with Crippen molar-refractivity contribution < 1.29 is 19.1 Å². The number of hydrogen-bond acceptors (Lipinski definition) is 4. The van der Waals surface area contributed by atoms with E-state index in [2.05, 4.69) is 36.4 Å². The maximum atomic E-state index is 13.3. The number of methoxy groups -OCH3 is 1. The second-order valence-electron chi connectivity index (χ2n) is 9.12. The summed E-state index contributed by atoms with van der Waals surface area (Å²) < 4.78 is 11.0. The minimum absolute atomic E-state index is 0.0249. The molecule has 0 N–H and O–H groups in total. The summed E-state index contributed by atoms with van der Waals surface area (Å²) in [6.07, 6.45) is 2.18. The summed E-state index contributed by atoms with van der Waals surface area (Å²) in [7, 11) is 1.70. The molecule has 0 unspecified atom stereocenters. The largest absolute Gasteiger partial charge is 0.497 e. The summed E-state index contributed by atoms with van der Waals surface area (Å²) in [5.74, 6) is 2.31. The van der Waals surface area contributed by atoms with Crippen molar-refractivity contribution in [3.63, 3.8) is 0 Å². The van der Waals surface area contributed by atoms with Crippen molar-refractivity contribution in [1.29, 1.82) is 0 Å². The van der Waals surface area contributed by atoms with Crippen molar-refractivity contribution in [2.45, 2.75) is 25.2 Å². The summed E-state index contributed by atoms with van der Waals surface area (Å²) in [5, 5.41) is 0. The Balaban J connectivity index is 1.33. The third-order valence-electron chi connectivity index (χ3n) is 6.99. The van der Waals surface area contributed by atoms with E-state index in [1.165, 1.54) is 11.1 Å². The fourth-order valence-electron chi connectivity index (χ4n) is 5.26. The van der Waals surface area contributed by atoms with E-state index >= 15 is 0 Å². The third kappa shape index (κ3) is 4.56. The van der Waals surface area contributed by atoms with Crippen LogP contribution in [0.15, 0.2) is 72.8 Å². The Bertz CT molecular complexity index is 1180. The fraction of sp³-hybridized carbons (Fsp3) is 0.310. The normalized spacial score (nSPS) is 17.0. The van der Waals surface area contributed by atoms with Crippen LogP contribution in [0.3, 0.4) is 0 Å². The first kappa shape index (κ1) is 22.2. The van der Waals surface area contributed by atoms with Crippen molar-refractivity contribution in [3.05, 3.63) is 95.1 Å². The number of benzene rings is 3. The topological polar surface area (TPSA) is 55.8 Å². The number of ketones is 1. The molecule has 1 atom stereocenters. The maximum Gasteiger partial charge on any atom is 0.253 e. The summed E-state index contributed by atoms with van der Waals surface area (Å²) in [6.45, 7) is 1.54. The van der Waals surface area contributed by atoms with Gasteiger partial charge in [0.25, 0.3) is 5.91 Å². The summed E-state index contributed by atoms with van der Waals surface area (Å²) in [5.41, 5.74) is 3.97. The minimum Gasteiger partial charge on any atom is -0.497 e. The first-order chi connectivity index (χ1) is 16.6. The van der Waals surface area contributed by atoms with Crippen LogP contribution in [0, 0.1) is 5.92 Å². The van der Waals surface area contributed by atoms with Crippen LogP contribution in [0.4, 0.5) is 0 Å². The molecule has 0 aliphatic carbocycles. The molecule has 5 heteroatoms. The number of carbonyl (C=O) groups excluding carboxylic acids is 2. The van der Waals surface area contributed by atoms with Gasteiger partial charge in [-0.25, -0.2) is 0 Å². The van der Waals surface area contributed by atoms with Gasteiger partial charge in [0.1, 0.15) is 18.1 Å². The van der Waals surface area contributed by atoms with E-state index in [4.69, 9.17) is 9.47 Å². The molecule has 5 nitrogen and oxygen atoms in total. The first-order valence-electron chi connectivity index (χ1n) is 11.9. The fourth-order valence-corrected chi connectivity index (χ4v) is 5.26. The van der Waals surface area contributed by atoms with Crippen LogP contribution in [0.25, 0.3) is 0 Å². The average molecular weight is 456 g/mol. The maximum absolute atomic E-state index is 13.3. The van der Waals surface area contributed by atoms with Crippen molar-refractivity contribution in [1.82, 2.24) is 4.90 Å². The van der Waals surface area contributed by atoms with E-state index in [1.54, 1.807) is 7.11 Å². The molecular formula is C29H29NO4. The number of amides is 1. The lowest BCUT2D eigenvalue weighted by molar-refractivity contribution is -0.121. The van der Waals surface area contributed by atoms with Crippen LogP contribution in [0.5, 0.6) is 11.5 Å². The second-order valence-corrected chi connectivity index (χ2v) is 9.12. The highest BCUT2D eigenvalue weighted by molar-refractivity contribution is 5.95. The zero-order valence-corrected chi connectivity index (χ0v) is 19.4. The number of hydrogen-bond donors (Lipinski definition) is 0. The smallest absolute Gasteiger partial charge is 0.253 e. The molecule has 3 aromatic carbocycles. The molecule has 0 spiro atoms. The van der Waals surface area contributed by atoms with E-state index in [0.29, 0.717) is 36.7 Å². The number of fused-ring (bicyclic) bond motifs is 1. The Kier molecular flexibility index (Phi) is 6.35. The van der Waals surface area contributed by atoms with Crippen LogP contribution in [-0.2, 0) is 11.2 Å². The number of Topliss-reactive ketones (excluding diaryl/α,β-unsaturated/α-hetero) is 1. The zero-order chi connectivity index (χ0) is 23.5. The van der Waals surface area contributed by atoms with Gasteiger partial charge in [-0.05, 0) is 60.2 Å².